The van der Waals surface area contributed by atoms with E-state index in [0.29, 0.717) is 11.3 Å². The van der Waals surface area contributed by atoms with Crippen LogP contribution in [0.4, 0.5) is 10.1 Å². The maximum atomic E-state index is 13.6. The molecule has 2 aromatic carbocycles. The molecule has 0 saturated heterocycles. The minimum atomic E-state index is -0.238. The second-order valence-electron chi connectivity index (χ2n) is 3.79. The van der Waals surface area contributed by atoms with Crippen molar-refractivity contribution in [3.8, 4) is 11.1 Å². The molecule has 0 heterocycles. The van der Waals surface area contributed by atoms with Crippen molar-refractivity contribution < 1.29 is 4.39 Å². The van der Waals surface area contributed by atoms with E-state index in [1.165, 1.54) is 11.6 Å². The number of aryl methyl sites for hydroxylation is 1. The van der Waals surface area contributed by atoms with Gasteiger partial charge in [0.2, 0.25) is 0 Å². The van der Waals surface area contributed by atoms with Crippen molar-refractivity contribution in [2.45, 2.75) is 13.3 Å². The lowest BCUT2D eigenvalue weighted by atomic mass is 10.0. The Kier molecular flexibility index (Phi) is 2.91. The van der Waals surface area contributed by atoms with Gasteiger partial charge in [-0.3, -0.25) is 0 Å². The molecule has 0 bridgehead atoms. The first kappa shape index (κ1) is 10.7. The van der Waals surface area contributed by atoms with E-state index in [-0.39, 0.29) is 5.82 Å². The molecule has 16 heavy (non-hydrogen) atoms. The van der Waals surface area contributed by atoms with E-state index in [1.807, 2.05) is 24.3 Å². The third-order valence-electron chi connectivity index (χ3n) is 2.66. The summed E-state index contributed by atoms with van der Waals surface area (Å²) in [4.78, 5) is 0. The van der Waals surface area contributed by atoms with Crippen LogP contribution in [0.3, 0.4) is 0 Å². The lowest BCUT2D eigenvalue weighted by Crippen LogP contribution is -1.90. The van der Waals surface area contributed by atoms with E-state index in [0.717, 1.165) is 12.0 Å². The maximum Gasteiger partial charge on any atom is 0.131 e. The number of hydrogen-bond acceptors (Lipinski definition) is 1. The van der Waals surface area contributed by atoms with Gasteiger partial charge in [-0.1, -0.05) is 31.2 Å². The molecule has 0 amide bonds. The van der Waals surface area contributed by atoms with E-state index < -0.39 is 0 Å². The van der Waals surface area contributed by atoms with Gasteiger partial charge in [0.15, 0.2) is 0 Å². The summed E-state index contributed by atoms with van der Waals surface area (Å²) >= 11 is 0. The monoisotopic (exact) mass is 215 g/mol. The predicted octanol–water partition coefficient (Wildman–Crippen LogP) is 3.64. The molecule has 2 heteroatoms. The lowest BCUT2D eigenvalue weighted by molar-refractivity contribution is 0.631. The van der Waals surface area contributed by atoms with Crippen LogP contribution < -0.4 is 5.73 Å². The van der Waals surface area contributed by atoms with Gasteiger partial charge < -0.3 is 5.73 Å². The van der Waals surface area contributed by atoms with Crippen molar-refractivity contribution in [1.29, 1.82) is 0 Å². The summed E-state index contributed by atoms with van der Waals surface area (Å²) in [5, 5.41) is 0. The van der Waals surface area contributed by atoms with Crippen LogP contribution in [0.25, 0.3) is 11.1 Å². The number of anilines is 1. The van der Waals surface area contributed by atoms with Crippen LogP contribution in [0.15, 0.2) is 42.5 Å². The summed E-state index contributed by atoms with van der Waals surface area (Å²) in [7, 11) is 0. The molecule has 0 fully saturated rings. The van der Waals surface area contributed by atoms with Crippen LogP contribution in [0, 0.1) is 5.82 Å². The number of rotatable bonds is 2. The molecule has 0 radical (unpaired) electrons. The zero-order chi connectivity index (χ0) is 11.5. The first-order valence-electron chi connectivity index (χ1n) is 5.35. The van der Waals surface area contributed by atoms with Crippen LogP contribution in [-0.2, 0) is 6.42 Å². The van der Waals surface area contributed by atoms with Gasteiger partial charge >= 0.3 is 0 Å². The van der Waals surface area contributed by atoms with Gasteiger partial charge in [-0.25, -0.2) is 4.39 Å². The van der Waals surface area contributed by atoms with Crippen LogP contribution in [0.2, 0.25) is 0 Å². The van der Waals surface area contributed by atoms with Crippen molar-refractivity contribution >= 4 is 5.69 Å². The Labute approximate surface area is 94.7 Å². The molecular formula is C14H14FN. The highest BCUT2D eigenvalue weighted by Crippen LogP contribution is 2.25. The van der Waals surface area contributed by atoms with Crippen molar-refractivity contribution in [3.05, 3.63) is 53.8 Å². The smallest absolute Gasteiger partial charge is 0.131 e. The van der Waals surface area contributed by atoms with E-state index in [2.05, 4.69) is 6.92 Å². The Morgan fingerprint density at radius 3 is 2.38 bits per heavy atom. The van der Waals surface area contributed by atoms with Crippen LogP contribution in [0.5, 0.6) is 0 Å². The molecular weight excluding hydrogens is 201 g/mol. The van der Waals surface area contributed by atoms with Crippen LogP contribution in [-0.4, -0.2) is 0 Å². The van der Waals surface area contributed by atoms with Gasteiger partial charge in [-0.05, 0) is 35.7 Å². The van der Waals surface area contributed by atoms with Crippen molar-refractivity contribution in [3.63, 3.8) is 0 Å². The number of nitrogens with two attached hydrogens (primary N) is 1. The Balaban J connectivity index is 2.45. The van der Waals surface area contributed by atoms with E-state index in [1.54, 1.807) is 12.1 Å². The van der Waals surface area contributed by atoms with Gasteiger partial charge in [0, 0.05) is 11.3 Å². The number of hydrogen-bond donors (Lipinski definition) is 1. The fourth-order valence-corrected chi connectivity index (χ4v) is 1.68. The van der Waals surface area contributed by atoms with Crippen LogP contribution >= 0.6 is 0 Å². The summed E-state index contributed by atoms with van der Waals surface area (Å²) in [6, 6.07) is 12.5. The average molecular weight is 215 g/mol. The molecule has 82 valence electrons. The van der Waals surface area contributed by atoms with Crippen LogP contribution in [0.1, 0.15) is 12.5 Å². The summed E-state index contributed by atoms with van der Waals surface area (Å²) < 4.78 is 13.6. The molecule has 0 aliphatic rings. The van der Waals surface area contributed by atoms with Crippen molar-refractivity contribution in [1.82, 2.24) is 0 Å². The van der Waals surface area contributed by atoms with E-state index in [9.17, 15) is 4.39 Å². The molecule has 0 aliphatic carbocycles. The second kappa shape index (κ2) is 4.35. The van der Waals surface area contributed by atoms with Crippen molar-refractivity contribution in [2.24, 2.45) is 0 Å². The molecule has 0 atom stereocenters. The van der Waals surface area contributed by atoms with E-state index in [4.69, 9.17) is 5.73 Å². The number of benzene rings is 2. The molecule has 2 rings (SSSR count). The van der Waals surface area contributed by atoms with Gasteiger partial charge in [0.1, 0.15) is 5.82 Å². The standard InChI is InChI=1S/C14H14FN/c1-2-10-3-5-11(6-4-10)13-9-12(16)7-8-14(13)15/h3-9H,2,16H2,1H3. The quantitative estimate of drug-likeness (QED) is 0.760. The van der Waals surface area contributed by atoms with Gasteiger partial charge in [-0.15, -0.1) is 0 Å². The second-order valence-corrected chi connectivity index (χ2v) is 3.79. The molecule has 0 aliphatic heterocycles. The van der Waals surface area contributed by atoms with Gasteiger partial charge in [0.05, 0.1) is 0 Å². The predicted molar refractivity (Wildman–Crippen MR) is 65.6 cm³/mol. The van der Waals surface area contributed by atoms with E-state index >= 15 is 0 Å². The van der Waals surface area contributed by atoms with Gasteiger partial charge in [0.25, 0.3) is 0 Å². The summed E-state index contributed by atoms with van der Waals surface area (Å²) in [6.45, 7) is 2.09. The summed E-state index contributed by atoms with van der Waals surface area (Å²) in [5.74, 6) is -0.238. The number of halogens is 1. The summed E-state index contributed by atoms with van der Waals surface area (Å²) in [5.41, 5.74) is 8.90. The fraction of sp³-hybridized carbons (Fsp3) is 0.143. The molecule has 0 unspecified atom stereocenters. The first-order chi connectivity index (χ1) is 7.70. The molecule has 0 aromatic heterocycles. The Bertz CT molecular complexity index is 489. The largest absolute Gasteiger partial charge is 0.399 e. The highest BCUT2D eigenvalue weighted by molar-refractivity contribution is 5.68. The normalized spacial score (nSPS) is 10.4. The highest BCUT2D eigenvalue weighted by Gasteiger charge is 2.04. The summed E-state index contributed by atoms with van der Waals surface area (Å²) in [6.07, 6.45) is 0.986. The topological polar surface area (TPSA) is 26.0 Å². The minimum absolute atomic E-state index is 0.238. The number of nitrogen functional groups attached to an aromatic ring is 1. The Morgan fingerprint density at radius 1 is 1.06 bits per heavy atom. The lowest BCUT2D eigenvalue weighted by Gasteiger charge is -2.05. The Hall–Kier alpha value is -1.83. The zero-order valence-corrected chi connectivity index (χ0v) is 9.20. The SMILES string of the molecule is CCc1ccc(-c2cc(N)ccc2F)cc1. The third kappa shape index (κ3) is 2.06. The average Bonchev–Trinajstić information content (AvgIpc) is 2.32. The minimum Gasteiger partial charge on any atom is -0.399 e. The Morgan fingerprint density at radius 2 is 1.75 bits per heavy atom. The molecule has 2 N–H and O–H groups in total. The molecule has 1 nitrogen and oxygen atoms in total. The zero-order valence-electron chi connectivity index (χ0n) is 9.20. The third-order valence-corrected chi connectivity index (χ3v) is 2.66. The van der Waals surface area contributed by atoms with Gasteiger partial charge in [-0.2, -0.15) is 0 Å². The molecule has 0 spiro atoms. The van der Waals surface area contributed by atoms with Crippen molar-refractivity contribution in [2.75, 3.05) is 5.73 Å². The first-order valence-corrected chi connectivity index (χ1v) is 5.35. The molecule has 0 saturated carbocycles. The fourth-order valence-electron chi connectivity index (χ4n) is 1.68. The highest BCUT2D eigenvalue weighted by atomic mass is 19.1. The maximum absolute atomic E-state index is 13.6. The molecule has 2 aromatic rings.